The van der Waals surface area contributed by atoms with Crippen molar-refractivity contribution in [3.63, 3.8) is 0 Å². The molecule has 5 N–H and O–H groups in total. The van der Waals surface area contributed by atoms with Crippen molar-refractivity contribution in [1.82, 2.24) is 5.32 Å². The third-order valence-corrected chi connectivity index (χ3v) is 5.75. The number of benzene rings is 3. The average Bonchev–Trinajstić information content (AvgIpc) is 2.88. The largest absolute Gasteiger partial charge is 0.394 e. The predicted molar refractivity (Wildman–Crippen MR) is 128 cm³/mol. The van der Waals surface area contributed by atoms with Gasteiger partial charge in [-0.05, 0) is 16.7 Å². The Morgan fingerprint density at radius 3 is 1.56 bits per heavy atom. The lowest BCUT2D eigenvalue weighted by molar-refractivity contribution is -0.129. The van der Waals surface area contributed by atoms with Gasteiger partial charge < -0.3 is 30.5 Å². The summed E-state index contributed by atoms with van der Waals surface area (Å²) in [7, 11) is 0. The number of carbonyl (C=O) groups excluding carboxylic acids is 1. The van der Waals surface area contributed by atoms with Crippen LogP contribution in [0.2, 0.25) is 0 Å². The summed E-state index contributed by atoms with van der Waals surface area (Å²) in [6.07, 6.45) is -4.79. The molecular formula is C27H31NO6. The van der Waals surface area contributed by atoms with Crippen molar-refractivity contribution in [2.75, 3.05) is 13.2 Å². The number of ether oxygens (including phenoxy) is 1. The average molecular weight is 466 g/mol. The van der Waals surface area contributed by atoms with Gasteiger partial charge in [-0.2, -0.15) is 0 Å². The molecule has 7 heteroatoms. The van der Waals surface area contributed by atoms with Gasteiger partial charge >= 0.3 is 0 Å². The van der Waals surface area contributed by atoms with Crippen LogP contribution in [-0.2, 0) is 15.1 Å². The number of hydrogen-bond acceptors (Lipinski definition) is 6. The number of hydrogen-bond donors (Lipinski definition) is 5. The van der Waals surface area contributed by atoms with Gasteiger partial charge in [0.05, 0.1) is 19.3 Å². The van der Waals surface area contributed by atoms with Crippen molar-refractivity contribution < 1.29 is 30.0 Å². The molecule has 0 heterocycles. The van der Waals surface area contributed by atoms with Crippen LogP contribution < -0.4 is 5.32 Å². The molecule has 3 rings (SSSR count). The zero-order valence-corrected chi connectivity index (χ0v) is 19.0. The number of aliphatic hydroxyl groups is 4. The summed E-state index contributed by atoms with van der Waals surface area (Å²) < 4.78 is 6.44. The van der Waals surface area contributed by atoms with E-state index in [2.05, 4.69) is 5.32 Å². The van der Waals surface area contributed by atoms with E-state index in [4.69, 9.17) is 4.74 Å². The van der Waals surface area contributed by atoms with Gasteiger partial charge in [0, 0.05) is 6.92 Å². The van der Waals surface area contributed by atoms with Crippen LogP contribution in [0.1, 0.15) is 23.6 Å². The summed E-state index contributed by atoms with van der Waals surface area (Å²) in [5.41, 5.74) is 1.35. The molecule has 0 saturated carbocycles. The molecule has 180 valence electrons. The number of rotatable bonds is 11. The van der Waals surface area contributed by atoms with E-state index in [1.165, 1.54) is 6.92 Å². The lowest BCUT2D eigenvalue weighted by Crippen LogP contribution is -2.54. The number of carbonyl (C=O) groups is 1. The summed E-state index contributed by atoms with van der Waals surface area (Å²) in [6, 6.07) is 27.5. The second kappa shape index (κ2) is 11.9. The van der Waals surface area contributed by atoms with Crippen molar-refractivity contribution in [3.05, 3.63) is 108 Å². The second-order valence-electron chi connectivity index (χ2n) is 8.13. The minimum absolute atomic E-state index is 0.338. The molecule has 1 amide bonds. The standard InChI is InChI=1S/C27H31NO6/c1-19(30)28-23(17-29)25(32)26(33)24(31)18-34-27(20-11-5-2-6-12-20,21-13-7-3-8-14-21)22-15-9-4-10-16-22/h2-16,23-26,29,31-33H,17-18H2,1H3,(H,28,30). The molecule has 0 fully saturated rings. The molecule has 0 aliphatic rings. The Balaban J connectivity index is 1.96. The molecule has 4 atom stereocenters. The van der Waals surface area contributed by atoms with E-state index < -0.39 is 42.5 Å². The summed E-state index contributed by atoms with van der Waals surface area (Å²) in [5, 5.41) is 43.6. The van der Waals surface area contributed by atoms with Crippen LogP contribution >= 0.6 is 0 Å². The highest BCUT2D eigenvalue weighted by Crippen LogP contribution is 2.40. The van der Waals surface area contributed by atoms with Gasteiger partial charge in [-0.3, -0.25) is 4.79 Å². The van der Waals surface area contributed by atoms with Gasteiger partial charge in [0.2, 0.25) is 5.91 Å². The minimum atomic E-state index is -1.68. The van der Waals surface area contributed by atoms with Crippen LogP contribution in [0.15, 0.2) is 91.0 Å². The normalized spacial score (nSPS) is 15.2. The lowest BCUT2D eigenvalue weighted by atomic mass is 9.80. The fourth-order valence-electron chi connectivity index (χ4n) is 4.04. The number of amides is 1. The van der Waals surface area contributed by atoms with Gasteiger partial charge in [-0.1, -0.05) is 91.0 Å². The molecule has 7 nitrogen and oxygen atoms in total. The summed E-state index contributed by atoms with van der Waals surface area (Å²) in [5.74, 6) is -0.479. The molecule has 0 aliphatic heterocycles. The molecule has 0 aliphatic carbocycles. The maximum Gasteiger partial charge on any atom is 0.217 e. The van der Waals surface area contributed by atoms with Crippen molar-refractivity contribution in [2.45, 2.75) is 36.9 Å². The van der Waals surface area contributed by atoms with Crippen LogP contribution in [0, 0.1) is 0 Å². The third-order valence-electron chi connectivity index (χ3n) is 5.75. The van der Waals surface area contributed by atoms with Crippen molar-refractivity contribution in [2.24, 2.45) is 0 Å². The van der Waals surface area contributed by atoms with E-state index in [0.29, 0.717) is 0 Å². The Labute approximate surface area is 199 Å². The van der Waals surface area contributed by atoms with E-state index in [1.807, 2.05) is 91.0 Å². The van der Waals surface area contributed by atoms with Gasteiger partial charge in [0.25, 0.3) is 0 Å². The highest BCUT2D eigenvalue weighted by atomic mass is 16.5. The maximum absolute atomic E-state index is 11.3. The van der Waals surface area contributed by atoms with Crippen molar-refractivity contribution in [1.29, 1.82) is 0 Å². The first-order valence-electron chi connectivity index (χ1n) is 11.1. The maximum atomic E-state index is 11.3. The summed E-state index contributed by atoms with van der Waals surface area (Å²) in [6.45, 7) is 0.289. The Kier molecular flexibility index (Phi) is 8.92. The van der Waals surface area contributed by atoms with E-state index >= 15 is 0 Å². The van der Waals surface area contributed by atoms with Crippen LogP contribution in [0.4, 0.5) is 0 Å². The number of aliphatic hydroxyl groups excluding tert-OH is 4. The number of nitrogens with one attached hydrogen (secondary N) is 1. The van der Waals surface area contributed by atoms with Gasteiger partial charge in [-0.15, -0.1) is 0 Å². The van der Waals surface area contributed by atoms with Gasteiger partial charge in [0.15, 0.2) is 0 Å². The molecule has 3 aromatic rings. The zero-order chi connectivity index (χ0) is 24.6. The summed E-state index contributed by atoms with van der Waals surface area (Å²) >= 11 is 0. The van der Waals surface area contributed by atoms with Crippen molar-refractivity contribution >= 4 is 5.91 Å². The molecule has 0 spiro atoms. The third kappa shape index (κ3) is 5.70. The van der Waals surface area contributed by atoms with E-state index in [9.17, 15) is 25.2 Å². The molecule has 4 unspecified atom stereocenters. The summed E-state index contributed by atoms with van der Waals surface area (Å²) in [4.78, 5) is 11.3. The fourth-order valence-corrected chi connectivity index (χ4v) is 4.04. The molecule has 0 bridgehead atoms. The molecule has 0 aromatic heterocycles. The Morgan fingerprint density at radius 2 is 1.21 bits per heavy atom. The predicted octanol–water partition coefficient (Wildman–Crippen LogP) is 1.57. The first-order chi connectivity index (χ1) is 16.4. The SMILES string of the molecule is CC(=O)NC(CO)C(O)C(O)C(O)COC(c1ccccc1)(c1ccccc1)c1ccccc1. The minimum Gasteiger partial charge on any atom is -0.394 e. The quantitative estimate of drug-likeness (QED) is 0.274. The van der Waals surface area contributed by atoms with Gasteiger partial charge in [0.1, 0.15) is 23.9 Å². The molecule has 34 heavy (non-hydrogen) atoms. The Bertz CT molecular complexity index is 918. The molecular weight excluding hydrogens is 434 g/mol. The van der Waals surface area contributed by atoms with Crippen LogP contribution in [0.25, 0.3) is 0 Å². The van der Waals surface area contributed by atoms with E-state index in [0.717, 1.165) is 16.7 Å². The molecule has 0 radical (unpaired) electrons. The smallest absolute Gasteiger partial charge is 0.217 e. The van der Waals surface area contributed by atoms with Gasteiger partial charge in [-0.25, -0.2) is 0 Å². The molecule has 0 saturated heterocycles. The Hall–Kier alpha value is -3.07. The first kappa shape index (κ1) is 25.6. The van der Waals surface area contributed by atoms with Crippen LogP contribution in [-0.4, -0.2) is 63.9 Å². The Morgan fingerprint density at radius 1 is 0.794 bits per heavy atom. The first-order valence-corrected chi connectivity index (χ1v) is 11.1. The van der Waals surface area contributed by atoms with Crippen LogP contribution in [0.5, 0.6) is 0 Å². The zero-order valence-electron chi connectivity index (χ0n) is 19.0. The fraction of sp³-hybridized carbons (Fsp3) is 0.296. The van der Waals surface area contributed by atoms with E-state index in [-0.39, 0.29) is 6.61 Å². The van der Waals surface area contributed by atoms with Crippen molar-refractivity contribution in [3.8, 4) is 0 Å². The highest BCUT2D eigenvalue weighted by Gasteiger charge is 2.40. The lowest BCUT2D eigenvalue weighted by Gasteiger charge is -2.37. The molecule has 3 aromatic carbocycles. The van der Waals surface area contributed by atoms with Crippen LogP contribution in [0.3, 0.4) is 0 Å². The van der Waals surface area contributed by atoms with E-state index in [1.54, 1.807) is 0 Å². The highest BCUT2D eigenvalue weighted by molar-refractivity contribution is 5.73. The monoisotopic (exact) mass is 465 g/mol. The topological polar surface area (TPSA) is 119 Å². The second-order valence-corrected chi connectivity index (χ2v) is 8.13.